The van der Waals surface area contributed by atoms with E-state index in [1.807, 2.05) is 4.90 Å². The molecule has 54 heavy (non-hydrogen) atoms. The summed E-state index contributed by atoms with van der Waals surface area (Å²) in [4.78, 5) is 42.5. The first kappa shape index (κ1) is 35.1. The fourth-order valence-corrected chi connectivity index (χ4v) is 7.97. The molecule has 1 saturated carbocycles. The van der Waals surface area contributed by atoms with Crippen molar-refractivity contribution < 1.29 is 33.3 Å². The van der Waals surface area contributed by atoms with Crippen LogP contribution in [0.25, 0.3) is 21.8 Å². The second-order valence-corrected chi connectivity index (χ2v) is 14.2. The van der Waals surface area contributed by atoms with Crippen LogP contribution in [0.3, 0.4) is 0 Å². The maximum Gasteiger partial charge on any atom is 0.341 e. The number of aromatic nitrogens is 5. The quantitative estimate of drug-likeness (QED) is 0.145. The largest absolute Gasteiger partial charge is 0.493 e. The minimum Gasteiger partial charge on any atom is -0.493 e. The Morgan fingerprint density at radius 3 is 2.65 bits per heavy atom. The Morgan fingerprint density at radius 1 is 1.13 bits per heavy atom. The zero-order chi connectivity index (χ0) is 38.0. The number of methoxy groups -OCH3 is 1. The van der Waals surface area contributed by atoms with Gasteiger partial charge in [0.2, 0.25) is 22.3 Å². The molecule has 0 spiro atoms. The summed E-state index contributed by atoms with van der Waals surface area (Å²) < 4.78 is 40.6. The van der Waals surface area contributed by atoms with Crippen LogP contribution in [0.15, 0.2) is 51.7 Å². The van der Waals surface area contributed by atoms with Gasteiger partial charge in [0.15, 0.2) is 17.3 Å². The Morgan fingerprint density at radius 2 is 1.93 bits per heavy atom. The summed E-state index contributed by atoms with van der Waals surface area (Å²) in [5.41, 5.74) is 5.58. The van der Waals surface area contributed by atoms with E-state index in [4.69, 9.17) is 22.7 Å². The van der Waals surface area contributed by atoms with Crippen molar-refractivity contribution in [1.29, 1.82) is 0 Å². The van der Waals surface area contributed by atoms with E-state index < -0.39 is 28.6 Å². The number of benzene rings is 2. The Balaban J connectivity index is 1.03. The fourth-order valence-electron chi connectivity index (χ4n) is 7.93. The molecule has 5 aromatic rings. The molecule has 0 bridgehead atoms. The van der Waals surface area contributed by atoms with E-state index in [1.165, 1.54) is 40.8 Å². The van der Waals surface area contributed by atoms with Crippen molar-refractivity contribution in [3.8, 4) is 11.6 Å². The molecular formula is C35H34F2N10O6S. The number of likely N-dealkylation sites (tertiary alicyclic amines) is 1. The van der Waals surface area contributed by atoms with Gasteiger partial charge in [0, 0.05) is 37.3 Å². The molecule has 0 radical (unpaired) electrons. The molecule has 16 nitrogen and oxygen atoms in total. The van der Waals surface area contributed by atoms with Gasteiger partial charge in [0.25, 0.3) is 0 Å². The molecule has 8 rings (SSSR count). The molecule has 1 amide bonds. The number of azo groups is 1. The number of nitrogens with zero attached hydrogens (tertiary/aromatic N) is 9. The van der Waals surface area contributed by atoms with Gasteiger partial charge in [0.1, 0.15) is 29.3 Å². The number of hydrogen-bond acceptors (Lipinski definition) is 10. The van der Waals surface area contributed by atoms with Crippen LogP contribution in [0.1, 0.15) is 47.8 Å². The van der Waals surface area contributed by atoms with Gasteiger partial charge in [-0.15, -0.1) is 15.3 Å². The molecule has 4 N–H and O–H groups in total. The van der Waals surface area contributed by atoms with E-state index in [9.17, 15) is 29.0 Å². The maximum absolute atomic E-state index is 16.1. The van der Waals surface area contributed by atoms with Crippen molar-refractivity contribution in [2.24, 2.45) is 21.9 Å². The minimum absolute atomic E-state index is 0.0134. The fraction of sp³-hybridized carbons (Fsp3) is 0.371. The van der Waals surface area contributed by atoms with E-state index in [0.29, 0.717) is 36.4 Å². The number of carboxylic acids is 1. The van der Waals surface area contributed by atoms with E-state index in [-0.39, 0.29) is 75.9 Å². The normalized spacial score (nSPS) is 18.6. The number of anilines is 1. The molecule has 1 aliphatic carbocycles. The number of piperidine rings is 1. The molecule has 2 atom stereocenters. The lowest BCUT2D eigenvalue weighted by Gasteiger charge is -2.36. The number of rotatable bonds is 9. The first-order chi connectivity index (χ1) is 25.9. The molecule has 3 aromatic heterocycles. The summed E-state index contributed by atoms with van der Waals surface area (Å²) >= 11 is 4.75. The molecule has 2 saturated heterocycles. The summed E-state index contributed by atoms with van der Waals surface area (Å²) in [6, 6.07) is 4.75. The molecule has 0 unspecified atom stereocenters. The second-order valence-electron chi connectivity index (χ2n) is 13.8. The topological polar surface area (TPSA) is 199 Å². The highest BCUT2D eigenvalue weighted by Crippen LogP contribution is 2.46. The standard InChI is InChI=1S/C35H34F2N10O6S/c1-53-32-29-22(31(49)23(34(51)52)14-46(29)20-5-6-20)10-24(37)30(32)43-11-17-3-2-8-45(26(17)15-43)27(48)16-44-12-19(39-42-44)13-47-25-7-4-18(36)9-21(25)28(33(47)50)40-41-35(38)54/h4,7,9-10,12,14,17,20,26,50H,2-3,5-6,8,11,13,15-16H2,1H3,(H2,38,54)(H,51,52)/t17-,26+/m1/s1. The highest BCUT2D eigenvalue weighted by Gasteiger charge is 2.43. The molecule has 3 fully saturated rings. The number of halogens is 2. The van der Waals surface area contributed by atoms with Crippen molar-refractivity contribution in [2.45, 2.75) is 50.9 Å². The monoisotopic (exact) mass is 760 g/mol. The maximum atomic E-state index is 16.1. The smallest absolute Gasteiger partial charge is 0.341 e. The van der Waals surface area contributed by atoms with Crippen molar-refractivity contribution in [3.63, 3.8) is 0 Å². The van der Waals surface area contributed by atoms with Crippen molar-refractivity contribution >= 4 is 62.4 Å². The van der Waals surface area contributed by atoms with Crippen LogP contribution in [0.5, 0.6) is 11.6 Å². The lowest BCUT2D eigenvalue weighted by atomic mass is 9.92. The lowest BCUT2D eigenvalue weighted by Crippen LogP contribution is -2.49. The molecule has 5 heterocycles. The third-order valence-corrected chi connectivity index (χ3v) is 10.5. The van der Waals surface area contributed by atoms with Gasteiger partial charge in [-0.3, -0.25) is 9.59 Å². The number of carbonyl (C=O) groups is 2. The number of ether oxygens (including phenoxy) is 1. The van der Waals surface area contributed by atoms with Crippen LogP contribution in [-0.2, 0) is 17.9 Å². The van der Waals surface area contributed by atoms with Crippen molar-refractivity contribution in [2.75, 3.05) is 31.6 Å². The van der Waals surface area contributed by atoms with Gasteiger partial charge in [0.05, 0.1) is 42.3 Å². The first-order valence-corrected chi connectivity index (χ1v) is 17.7. The number of carboxylic acid groups (broad SMARTS) is 1. The number of aromatic carboxylic acids is 1. The molecular weight excluding hydrogens is 727 g/mol. The van der Waals surface area contributed by atoms with Crippen molar-refractivity contribution in [1.82, 2.24) is 29.0 Å². The van der Waals surface area contributed by atoms with Gasteiger partial charge in [-0.25, -0.2) is 18.3 Å². The van der Waals surface area contributed by atoms with Crippen LogP contribution in [0.4, 0.5) is 20.2 Å². The van der Waals surface area contributed by atoms with E-state index >= 15 is 4.39 Å². The van der Waals surface area contributed by atoms with Gasteiger partial charge in [-0.1, -0.05) is 5.21 Å². The van der Waals surface area contributed by atoms with E-state index in [0.717, 1.165) is 31.7 Å². The lowest BCUT2D eigenvalue weighted by molar-refractivity contribution is -0.136. The summed E-state index contributed by atoms with van der Waals surface area (Å²) in [6.45, 7) is 1.14. The predicted molar refractivity (Wildman–Crippen MR) is 194 cm³/mol. The molecule has 19 heteroatoms. The minimum atomic E-state index is -1.38. The van der Waals surface area contributed by atoms with Crippen molar-refractivity contribution in [3.05, 3.63) is 69.8 Å². The van der Waals surface area contributed by atoms with Crippen LogP contribution in [0, 0.1) is 17.6 Å². The third-order valence-electron chi connectivity index (χ3n) is 10.4. The number of hydrogen-bond donors (Lipinski definition) is 3. The summed E-state index contributed by atoms with van der Waals surface area (Å²) in [5, 5.41) is 36.5. The Bertz CT molecular complexity index is 2480. The van der Waals surface area contributed by atoms with Gasteiger partial charge >= 0.3 is 5.97 Å². The van der Waals surface area contributed by atoms with Crippen LogP contribution >= 0.6 is 12.2 Å². The number of fused-ring (bicyclic) bond motifs is 3. The molecule has 2 aliphatic heterocycles. The van der Waals surface area contributed by atoms with E-state index in [2.05, 4.69) is 20.5 Å². The number of thiocarbonyl (C=S) groups is 1. The predicted octanol–water partition coefficient (Wildman–Crippen LogP) is 4.08. The highest BCUT2D eigenvalue weighted by molar-refractivity contribution is 7.80. The zero-order valence-electron chi connectivity index (χ0n) is 28.9. The van der Waals surface area contributed by atoms with Gasteiger partial charge < -0.3 is 39.6 Å². The van der Waals surface area contributed by atoms with E-state index in [1.54, 1.807) is 15.7 Å². The molecule has 3 aliphatic rings. The highest BCUT2D eigenvalue weighted by atomic mass is 32.1. The number of carbonyl (C=O) groups excluding carboxylic acids is 1. The van der Waals surface area contributed by atoms with Crippen LogP contribution < -0.4 is 20.8 Å². The molecule has 2 aromatic carbocycles. The average Bonchev–Trinajstić information content (AvgIpc) is 3.64. The SMILES string of the molecule is COc1c(N2C[C@H]3CCCN(C(=O)Cn4cc(Cn5c(O)c(N=NC(N)=S)c6cc(F)ccc65)nn4)[C@H]3C2)c(F)cc2c(=O)c(C(=O)O)cn(C3CC3)c12. The summed E-state index contributed by atoms with van der Waals surface area (Å²) in [7, 11) is 1.40. The van der Waals surface area contributed by atoms with Crippen LogP contribution in [0.2, 0.25) is 0 Å². The number of pyridine rings is 1. The van der Waals surface area contributed by atoms with Gasteiger partial charge in [-0.05, 0) is 68.1 Å². The second kappa shape index (κ2) is 13.5. The average molecular weight is 761 g/mol. The Labute approximate surface area is 310 Å². The Hall–Kier alpha value is -5.98. The Kier molecular flexibility index (Phi) is 8.74. The first-order valence-electron chi connectivity index (χ1n) is 17.3. The third kappa shape index (κ3) is 6.06. The van der Waals surface area contributed by atoms with Crippen LogP contribution in [-0.4, -0.2) is 89.0 Å². The summed E-state index contributed by atoms with van der Waals surface area (Å²) in [5.74, 6) is -2.97. The number of nitrogens with two attached hydrogens (primary N) is 1. The number of amides is 1. The summed E-state index contributed by atoms with van der Waals surface area (Å²) in [6.07, 6.45) is 6.04. The van der Waals surface area contributed by atoms with Gasteiger partial charge in [-0.2, -0.15) is 0 Å². The molecule has 280 valence electrons. The zero-order valence-corrected chi connectivity index (χ0v) is 29.7. The number of aromatic hydroxyl groups is 1.